The van der Waals surface area contributed by atoms with Crippen molar-refractivity contribution in [3.05, 3.63) is 94.5 Å². The van der Waals surface area contributed by atoms with Crippen molar-refractivity contribution in [1.29, 1.82) is 0 Å². The van der Waals surface area contributed by atoms with E-state index in [1.54, 1.807) is 22.8 Å². The molecule has 0 aliphatic rings. The van der Waals surface area contributed by atoms with Crippen molar-refractivity contribution in [3.63, 3.8) is 0 Å². The van der Waals surface area contributed by atoms with Crippen molar-refractivity contribution >= 4 is 22.7 Å². The molecule has 0 bridgehead atoms. The van der Waals surface area contributed by atoms with Crippen LogP contribution in [0.5, 0.6) is 5.75 Å². The monoisotopic (exact) mass is 392 g/mol. The Morgan fingerprint density at radius 1 is 1.04 bits per heavy atom. The Bertz CT molecular complexity index is 1190. The summed E-state index contributed by atoms with van der Waals surface area (Å²) < 4.78 is 20.6. The topological polar surface area (TPSA) is 44.1 Å². The minimum absolute atomic E-state index is 0.125. The largest absolute Gasteiger partial charge is 0.494 e. The highest BCUT2D eigenvalue weighted by molar-refractivity contribution is 7.98. The number of ether oxygens (including phenoxy) is 1. The van der Waals surface area contributed by atoms with Gasteiger partial charge in [-0.3, -0.25) is 9.36 Å². The quantitative estimate of drug-likeness (QED) is 0.361. The minimum atomic E-state index is -0.410. The fraction of sp³-hybridized carbons (Fsp3) is 0.0909. The molecular formula is C22H17FN2O2S. The van der Waals surface area contributed by atoms with Crippen LogP contribution in [0.15, 0.2) is 82.7 Å². The second-order valence-corrected chi connectivity index (χ2v) is 7.09. The summed E-state index contributed by atoms with van der Waals surface area (Å²) >= 11 is 1.39. The maximum absolute atomic E-state index is 14.0. The lowest BCUT2D eigenvalue weighted by atomic mass is 10.2. The van der Waals surface area contributed by atoms with Crippen LogP contribution in [-0.2, 0) is 5.75 Å². The standard InChI is InChI=1S/C22H17FN2O2S/c1-27-20-12-11-15(13-18(20)23)14-28-22-24-19-10-6-5-9-17(19)21(26)25(22)16-7-3-2-4-8-16/h2-13H,14H2,1H3. The Hall–Kier alpha value is -3.12. The zero-order chi connectivity index (χ0) is 19.5. The molecule has 0 N–H and O–H groups in total. The third kappa shape index (κ3) is 3.51. The summed E-state index contributed by atoms with van der Waals surface area (Å²) in [6, 6.07) is 21.5. The highest BCUT2D eigenvalue weighted by atomic mass is 32.2. The van der Waals surface area contributed by atoms with Crippen LogP contribution in [0.25, 0.3) is 16.6 Å². The average Bonchev–Trinajstić information content (AvgIpc) is 2.73. The molecule has 0 aliphatic heterocycles. The Labute approximate surface area is 165 Å². The smallest absolute Gasteiger partial charge is 0.266 e. The molecule has 0 unspecified atom stereocenters. The zero-order valence-corrected chi connectivity index (χ0v) is 15.9. The fourth-order valence-corrected chi connectivity index (χ4v) is 3.92. The van der Waals surface area contributed by atoms with E-state index in [1.807, 2.05) is 48.5 Å². The van der Waals surface area contributed by atoms with Crippen LogP contribution in [0.1, 0.15) is 5.56 Å². The van der Waals surface area contributed by atoms with Crippen molar-refractivity contribution in [2.45, 2.75) is 10.9 Å². The summed E-state index contributed by atoms with van der Waals surface area (Å²) in [5, 5.41) is 1.12. The number of rotatable bonds is 5. The van der Waals surface area contributed by atoms with Gasteiger partial charge in [0, 0.05) is 5.75 Å². The first-order chi connectivity index (χ1) is 13.7. The predicted molar refractivity (Wildman–Crippen MR) is 110 cm³/mol. The Morgan fingerprint density at radius 3 is 2.54 bits per heavy atom. The summed E-state index contributed by atoms with van der Waals surface area (Å²) in [6.45, 7) is 0. The molecule has 0 fully saturated rings. The van der Waals surface area contributed by atoms with Crippen molar-refractivity contribution in [2.24, 2.45) is 0 Å². The average molecular weight is 392 g/mol. The third-order valence-corrected chi connectivity index (χ3v) is 5.35. The highest BCUT2D eigenvalue weighted by Gasteiger charge is 2.13. The molecule has 0 saturated heterocycles. The van der Waals surface area contributed by atoms with E-state index in [0.717, 1.165) is 11.3 Å². The van der Waals surface area contributed by atoms with Crippen LogP contribution in [0.2, 0.25) is 0 Å². The van der Waals surface area contributed by atoms with Crippen molar-refractivity contribution in [1.82, 2.24) is 9.55 Å². The van der Waals surface area contributed by atoms with E-state index in [4.69, 9.17) is 9.72 Å². The molecule has 1 heterocycles. The van der Waals surface area contributed by atoms with Crippen LogP contribution in [-0.4, -0.2) is 16.7 Å². The van der Waals surface area contributed by atoms with Gasteiger partial charge in [0.05, 0.1) is 23.7 Å². The Kier molecular flexibility index (Phi) is 5.12. The first kappa shape index (κ1) is 18.3. The third-order valence-electron chi connectivity index (χ3n) is 4.34. The molecule has 0 aliphatic carbocycles. The lowest BCUT2D eigenvalue weighted by molar-refractivity contribution is 0.386. The second-order valence-electron chi connectivity index (χ2n) is 6.15. The number of methoxy groups -OCH3 is 1. The van der Waals surface area contributed by atoms with Gasteiger partial charge in [0.1, 0.15) is 0 Å². The van der Waals surface area contributed by atoms with Gasteiger partial charge in [-0.05, 0) is 42.0 Å². The van der Waals surface area contributed by atoms with Gasteiger partial charge < -0.3 is 4.74 Å². The fourth-order valence-electron chi connectivity index (χ4n) is 2.96. The van der Waals surface area contributed by atoms with Gasteiger partial charge >= 0.3 is 0 Å². The lowest BCUT2D eigenvalue weighted by Crippen LogP contribution is -2.21. The molecule has 0 spiro atoms. The summed E-state index contributed by atoms with van der Waals surface area (Å²) in [6.07, 6.45) is 0. The number of para-hydroxylation sites is 2. The molecule has 0 amide bonds. The molecule has 1 aromatic heterocycles. The molecular weight excluding hydrogens is 375 g/mol. The first-order valence-corrected chi connectivity index (χ1v) is 9.68. The number of fused-ring (bicyclic) bond motifs is 1. The van der Waals surface area contributed by atoms with Crippen LogP contribution >= 0.6 is 11.8 Å². The van der Waals surface area contributed by atoms with Gasteiger partial charge in [0.15, 0.2) is 16.7 Å². The maximum atomic E-state index is 14.0. The van der Waals surface area contributed by atoms with E-state index in [9.17, 15) is 9.18 Å². The number of hydrogen-bond acceptors (Lipinski definition) is 4. The first-order valence-electron chi connectivity index (χ1n) is 8.70. The van der Waals surface area contributed by atoms with Gasteiger partial charge in [-0.15, -0.1) is 0 Å². The second kappa shape index (κ2) is 7.86. The van der Waals surface area contributed by atoms with Gasteiger partial charge in [-0.25, -0.2) is 9.37 Å². The lowest BCUT2D eigenvalue weighted by Gasteiger charge is -2.13. The van der Waals surface area contributed by atoms with E-state index < -0.39 is 5.82 Å². The van der Waals surface area contributed by atoms with E-state index >= 15 is 0 Å². The van der Waals surface area contributed by atoms with Gasteiger partial charge in [0.25, 0.3) is 5.56 Å². The minimum Gasteiger partial charge on any atom is -0.494 e. The SMILES string of the molecule is COc1ccc(CSc2nc3ccccc3c(=O)n2-c2ccccc2)cc1F. The highest BCUT2D eigenvalue weighted by Crippen LogP contribution is 2.26. The zero-order valence-electron chi connectivity index (χ0n) is 15.1. The molecule has 0 radical (unpaired) electrons. The number of hydrogen-bond donors (Lipinski definition) is 0. The molecule has 140 valence electrons. The number of nitrogens with zero attached hydrogens (tertiary/aromatic N) is 2. The van der Waals surface area contributed by atoms with Gasteiger partial charge in [-0.1, -0.05) is 48.2 Å². The summed E-state index contributed by atoms with van der Waals surface area (Å²) in [4.78, 5) is 17.8. The molecule has 4 aromatic rings. The van der Waals surface area contributed by atoms with Crippen molar-refractivity contribution in [3.8, 4) is 11.4 Å². The Morgan fingerprint density at radius 2 is 1.79 bits per heavy atom. The van der Waals surface area contributed by atoms with E-state index in [2.05, 4.69) is 0 Å². The molecule has 0 atom stereocenters. The molecule has 3 aromatic carbocycles. The summed E-state index contributed by atoms with van der Waals surface area (Å²) in [5.41, 5.74) is 2.04. The summed E-state index contributed by atoms with van der Waals surface area (Å²) in [7, 11) is 1.43. The molecule has 6 heteroatoms. The summed E-state index contributed by atoms with van der Waals surface area (Å²) in [5.74, 6) is 0.268. The Balaban J connectivity index is 1.77. The van der Waals surface area contributed by atoms with Crippen LogP contribution in [0.3, 0.4) is 0 Å². The van der Waals surface area contributed by atoms with Gasteiger partial charge in [0.2, 0.25) is 0 Å². The number of benzene rings is 3. The molecule has 4 nitrogen and oxygen atoms in total. The number of aromatic nitrogens is 2. The maximum Gasteiger partial charge on any atom is 0.266 e. The van der Waals surface area contributed by atoms with Crippen LogP contribution < -0.4 is 10.3 Å². The van der Waals surface area contributed by atoms with Gasteiger partial charge in [-0.2, -0.15) is 0 Å². The molecule has 28 heavy (non-hydrogen) atoms. The number of halogens is 1. The van der Waals surface area contributed by atoms with E-state index in [-0.39, 0.29) is 11.3 Å². The molecule has 0 saturated carbocycles. The van der Waals surface area contributed by atoms with Crippen LogP contribution in [0, 0.1) is 5.82 Å². The number of thioether (sulfide) groups is 1. The van der Waals surface area contributed by atoms with Crippen molar-refractivity contribution < 1.29 is 9.13 Å². The van der Waals surface area contributed by atoms with Crippen LogP contribution in [0.4, 0.5) is 4.39 Å². The van der Waals surface area contributed by atoms with E-state index in [1.165, 1.54) is 24.9 Å². The predicted octanol–water partition coefficient (Wildman–Crippen LogP) is 4.83. The van der Waals surface area contributed by atoms with Crippen molar-refractivity contribution in [2.75, 3.05) is 7.11 Å². The normalized spacial score (nSPS) is 10.9. The molecule has 4 rings (SSSR count). The van der Waals surface area contributed by atoms with E-state index in [0.29, 0.717) is 21.8 Å².